The van der Waals surface area contributed by atoms with E-state index in [-0.39, 0.29) is 11.3 Å². The number of nitrogens with zero attached hydrogens (tertiary/aromatic N) is 1. The van der Waals surface area contributed by atoms with Gasteiger partial charge in [-0.1, -0.05) is 39.8 Å². The van der Waals surface area contributed by atoms with E-state index in [1.54, 1.807) is 0 Å². The Morgan fingerprint density at radius 1 is 1.03 bits per heavy atom. The van der Waals surface area contributed by atoms with Crippen molar-refractivity contribution in [3.8, 4) is 11.5 Å². The fourth-order valence-corrected chi connectivity index (χ4v) is 3.73. The Balaban J connectivity index is 1.73. The van der Waals surface area contributed by atoms with Crippen molar-refractivity contribution in [2.75, 3.05) is 19.7 Å². The molecule has 1 amide bonds. The van der Waals surface area contributed by atoms with Gasteiger partial charge in [0.15, 0.2) is 0 Å². The van der Waals surface area contributed by atoms with Crippen LogP contribution in [-0.4, -0.2) is 30.5 Å². The zero-order valence-corrected chi connectivity index (χ0v) is 19.0. The Morgan fingerprint density at radius 3 is 2.30 bits per heavy atom. The minimum atomic E-state index is 0.0979. The topological polar surface area (TPSA) is 38.8 Å². The average Bonchev–Trinajstić information content (AvgIpc) is 2.73. The van der Waals surface area contributed by atoms with E-state index in [0.717, 1.165) is 43.0 Å². The lowest BCUT2D eigenvalue weighted by Crippen LogP contribution is -2.37. The Bertz CT molecular complexity index is 844. The number of hydrogen-bond acceptors (Lipinski definition) is 3. The van der Waals surface area contributed by atoms with Gasteiger partial charge in [-0.2, -0.15) is 0 Å². The third-order valence-electron chi connectivity index (χ3n) is 5.79. The Hall–Kier alpha value is -2.49. The van der Waals surface area contributed by atoms with Crippen LogP contribution in [0.2, 0.25) is 0 Å². The summed E-state index contributed by atoms with van der Waals surface area (Å²) in [5.41, 5.74) is 2.98. The summed E-state index contributed by atoms with van der Waals surface area (Å²) < 4.78 is 11.8. The summed E-state index contributed by atoms with van der Waals surface area (Å²) in [6.07, 6.45) is 2.15. The van der Waals surface area contributed by atoms with Gasteiger partial charge in [-0.3, -0.25) is 4.79 Å². The highest BCUT2D eigenvalue weighted by Gasteiger charge is 2.22. The quantitative estimate of drug-likeness (QED) is 0.602. The van der Waals surface area contributed by atoms with Crippen molar-refractivity contribution >= 4 is 5.91 Å². The van der Waals surface area contributed by atoms with Gasteiger partial charge in [-0.05, 0) is 67.0 Å². The molecule has 0 unspecified atom stereocenters. The minimum absolute atomic E-state index is 0.0979. The summed E-state index contributed by atoms with van der Waals surface area (Å²) in [5, 5.41) is 0. The van der Waals surface area contributed by atoms with Crippen LogP contribution in [0.1, 0.15) is 68.9 Å². The first-order valence-corrected chi connectivity index (χ1v) is 11.1. The summed E-state index contributed by atoms with van der Waals surface area (Å²) in [7, 11) is 0. The van der Waals surface area contributed by atoms with Crippen LogP contribution in [0, 0.1) is 5.92 Å². The van der Waals surface area contributed by atoms with Gasteiger partial charge in [0.1, 0.15) is 18.1 Å². The zero-order chi connectivity index (χ0) is 21.7. The number of carbonyl (C=O) groups excluding carboxylic acids is 1. The number of benzene rings is 2. The maximum absolute atomic E-state index is 13.0. The van der Waals surface area contributed by atoms with Crippen LogP contribution in [0.4, 0.5) is 0 Å². The van der Waals surface area contributed by atoms with Gasteiger partial charge in [0.25, 0.3) is 5.91 Å². The molecule has 1 saturated heterocycles. The second kappa shape index (κ2) is 9.55. The van der Waals surface area contributed by atoms with E-state index in [9.17, 15) is 4.79 Å². The Labute approximate surface area is 181 Å². The van der Waals surface area contributed by atoms with Crippen LogP contribution in [0.3, 0.4) is 0 Å². The monoisotopic (exact) mass is 409 g/mol. The van der Waals surface area contributed by atoms with Crippen LogP contribution in [-0.2, 0) is 12.0 Å². The lowest BCUT2D eigenvalue weighted by Gasteiger charge is -2.30. The van der Waals surface area contributed by atoms with E-state index in [1.807, 2.05) is 42.2 Å². The highest BCUT2D eigenvalue weighted by atomic mass is 16.5. The van der Waals surface area contributed by atoms with Crippen molar-refractivity contribution < 1.29 is 14.3 Å². The predicted molar refractivity (Wildman–Crippen MR) is 121 cm³/mol. The molecule has 0 radical (unpaired) electrons. The molecule has 1 aliphatic rings. The van der Waals surface area contributed by atoms with E-state index in [4.69, 9.17) is 9.47 Å². The highest BCUT2D eigenvalue weighted by Crippen LogP contribution is 2.27. The van der Waals surface area contributed by atoms with Gasteiger partial charge in [-0.25, -0.2) is 0 Å². The maximum Gasteiger partial charge on any atom is 0.253 e. The standard InChI is InChI=1S/C26H35NO3/c1-6-29-24-12-7-20(25(28)27-15-13-19(2)14-16-27)17-21(24)18-30-23-10-8-22(9-11-23)26(3,4)5/h7-12,17,19H,6,13-16,18H2,1-5H3. The number of piperidine rings is 1. The van der Waals surface area contributed by atoms with Crippen LogP contribution >= 0.6 is 0 Å². The SMILES string of the molecule is CCOc1ccc(C(=O)N2CCC(C)CC2)cc1COc1ccc(C(C)(C)C)cc1. The van der Waals surface area contributed by atoms with E-state index in [1.165, 1.54) is 5.56 Å². The molecule has 0 bridgehead atoms. The lowest BCUT2D eigenvalue weighted by molar-refractivity contribution is 0.0697. The first-order chi connectivity index (χ1) is 14.3. The van der Waals surface area contributed by atoms with Crippen LogP contribution in [0.5, 0.6) is 11.5 Å². The van der Waals surface area contributed by atoms with Gasteiger partial charge in [-0.15, -0.1) is 0 Å². The summed E-state index contributed by atoms with van der Waals surface area (Å²) >= 11 is 0. The van der Waals surface area contributed by atoms with Crippen LogP contribution in [0.15, 0.2) is 42.5 Å². The van der Waals surface area contributed by atoms with Crippen molar-refractivity contribution in [1.82, 2.24) is 4.90 Å². The number of rotatable bonds is 6. The smallest absolute Gasteiger partial charge is 0.253 e. The molecule has 2 aromatic carbocycles. The fourth-order valence-electron chi connectivity index (χ4n) is 3.73. The number of ether oxygens (including phenoxy) is 2. The molecule has 0 aliphatic carbocycles. The van der Waals surface area contributed by atoms with Crippen molar-refractivity contribution in [3.63, 3.8) is 0 Å². The molecule has 4 heteroatoms. The first-order valence-electron chi connectivity index (χ1n) is 11.1. The fraction of sp³-hybridized carbons (Fsp3) is 0.500. The molecule has 0 atom stereocenters. The molecule has 0 spiro atoms. The number of carbonyl (C=O) groups is 1. The highest BCUT2D eigenvalue weighted by molar-refractivity contribution is 5.94. The van der Waals surface area contributed by atoms with Gasteiger partial charge in [0.2, 0.25) is 0 Å². The molecule has 2 aromatic rings. The summed E-state index contributed by atoms with van der Waals surface area (Å²) in [6, 6.07) is 13.9. The van der Waals surface area contributed by atoms with Crippen LogP contribution in [0.25, 0.3) is 0 Å². The molecular formula is C26H35NO3. The van der Waals surface area contributed by atoms with Crippen molar-refractivity contribution in [2.45, 2.75) is 59.5 Å². The first kappa shape index (κ1) is 22.2. The molecule has 0 aromatic heterocycles. The molecule has 4 nitrogen and oxygen atoms in total. The maximum atomic E-state index is 13.0. The number of likely N-dealkylation sites (tertiary alicyclic amines) is 1. The van der Waals surface area contributed by atoms with Gasteiger partial charge < -0.3 is 14.4 Å². The third kappa shape index (κ3) is 5.56. The molecule has 162 valence electrons. The minimum Gasteiger partial charge on any atom is -0.493 e. The average molecular weight is 410 g/mol. The summed E-state index contributed by atoms with van der Waals surface area (Å²) in [6.45, 7) is 13.4. The molecule has 1 fully saturated rings. The number of amides is 1. The van der Waals surface area contributed by atoms with Crippen molar-refractivity contribution in [1.29, 1.82) is 0 Å². The van der Waals surface area contributed by atoms with Crippen LogP contribution < -0.4 is 9.47 Å². The summed E-state index contributed by atoms with van der Waals surface area (Å²) in [4.78, 5) is 14.9. The van der Waals surface area contributed by atoms with Crippen molar-refractivity contribution in [2.24, 2.45) is 5.92 Å². The lowest BCUT2D eigenvalue weighted by atomic mass is 9.87. The van der Waals surface area contributed by atoms with E-state index in [0.29, 0.717) is 24.7 Å². The van der Waals surface area contributed by atoms with Gasteiger partial charge in [0.05, 0.1) is 6.61 Å². The third-order valence-corrected chi connectivity index (χ3v) is 5.79. The Morgan fingerprint density at radius 2 is 1.70 bits per heavy atom. The molecule has 0 N–H and O–H groups in total. The summed E-state index contributed by atoms with van der Waals surface area (Å²) in [5.74, 6) is 2.38. The molecule has 1 aliphatic heterocycles. The molecule has 1 heterocycles. The van der Waals surface area contributed by atoms with E-state index in [2.05, 4.69) is 39.8 Å². The zero-order valence-electron chi connectivity index (χ0n) is 19.0. The Kier molecular flexibility index (Phi) is 7.06. The molecular weight excluding hydrogens is 374 g/mol. The molecule has 0 saturated carbocycles. The van der Waals surface area contributed by atoms with Gasteiger partial charge in [0, 0.05) is 24.2 Å². The molecule has 30 heavy (non-hydrogen) atoms. The predicted octanol–water partition coefficient (Wildman–Crippen LogP) is 5.83. The second-order valence-electron chi connectivity index (χ2n) is 9.29. The van der Waals surface area contributed by atoms with Crippen molar-refractivity contribution in [3.05, 3.63) is 59.2 Å². The second-order valence-corrected chi connectivity index (χ2v) is 9.29. The number of hydrogen-bond donors (Lipinski definition) is 0. The van der Waals surface area contributed by atoms with Gasteiger partial charge >= 0.3 is 0 Å². The normalized spacial score (nSPS) is 15.2. The largest absolute Gasteiger partial charge is 0.493 e. The van der Waals surface area contributed by atoms with E-state index >= 15 is 0 Å². The van der Waals surface area contributed by atoms with E-state index < -0.39 is 0 Å². The molecule has 3 rings (SSSR count).